The quantitative estimate of drug-likeness (QED) is 0.394. The van der Waals surface area contributed by atoms with Crippen LogP contribution >= 0.6 is 46.5 Å². The molecule has 0 fully saturated rings. The van der Waals surface area contributed by atoms with E-state index in [9.17, 15) is 4.79 Å². The van der Waals surface area contributed by atoms with Crippen molar-refractivity contribution in [1.29, 1.82) is 0 Å². The van der Waals surface area contributed by atoms with Crippen LogP contribution in [-0.4, -0.2) is 27.1 Å². The molecule has 23 heavy (non-hydrogen) atoms. The fraction of sp³-hybridized carbons (Fsp3) is 0.267. The topological polar surface area (TPSA) is 54.9 Å². The van der Waals surface area contributed by atoms with Crippen molar-refractivity contribution in [2.45, 2.75) is 27.8 Å². The molecule has 0 aliphatic rings. The highest BCUT2D eigenvalue weighted by molar-refractivity contribution is 8.01. The third-order valence-corrected chi connectivity index (χ3v) is 6.31. The van der Waals surface area contributed by atoms with Gasteiger partial charge in [0.2, 0.25) is 11.0 Å². The first kappa shape index (κ1) is 18.3. The normalized spacial score (nSPS) is 11.9. The number of carbonyl (C=O) groups is 1. The first-order valence-electron chi connectivity index (χ1n) is 6.92. The number of anilines is 1. The van der Waals surface area contributed by atoms with Crippen LogP contribution in [0.2, 0.25) is 5.02 Å². The average Bonchev–Trinajstić information content (AvgIpc) is 2.99. The lowest BCUT2D eigenvalue weighted by Crippen LogP contribution is -2.24. The van der Waals surface area contributed by atoms with E-state index in [4.69, 9.17) is 11.6 Å². The first-order valence-corrected chi connectivity index (χ1v) is 9.98. The van der Waals surface area contributed by atoms with Crippen molar-refractivity contribution in [1.82, 2.24) is 10.2 Å². The molecule has 1 aromatic heterocycles. The van der Waals surface area contributed by atoms with Gasteiger partial charge in [-0.2, -0.15) is 0 Å². The molecule has 122 valence electrons. The number of benzene rings is 1. The molecule has 0 aliphatic carbocycles. The van der Waals surface area contributed by atoms with Gasteiger partial charge in [-0.25, -0.2) is 0 Å². The predicted octanol–water partition coefficient (Wildman–Crippen LogP) is 4.98. The Morgan fingerprint density at radius 3 is 2.83 bits per heavy atom. The number of carbonyl (C=O) groups excluding carboxylic acids is 1. The second-order valence-corrected chi connectivity index (χ2v) is 8.39. The minimum Gasteiger partial charge on any atom is -0.300 e. The van der Waals surface area contributed by atoms with Crippen LogP contribution in [0.4, 0.5) is 5.13 Å². The number of amides is 1. The largest absolute Gasteiger partial charge is 0.300 e. The summed E-state index contributed by atoms with van der Waals surface area (Å²) in [7, 11) is 0. The molecule has 2 rings (SSSR count). The predicted molar refractivity (Wildman–Crippen MR) is 101 cm³/mol. The summed E-state index contributed by atoms with van der Waals surface area (Å²) in [6.07, 6.45) is 2.52. The second kappa shape index (κ2) is 9.32. The second-order valence-electron chi connectivity index (χ2n) is 4.43. The number of thioether (sulfide) groups is 2. The lowest BCUT2D eigenvalue weighted by atomic mass is 10.3. The summed E-state index contributed by atoms with van der Waals surface area (Å²) < 4.78 is 0.818. The fourth-order valence-corrected chi connectivity index (χ4v) is 4.23. The molecule has 0 bridgehead atoms. The summed E-state index contributed by atoms with van der Waals surface area (Å²) >= 11 is 10.3. The maximum Gasteiger partial charge on any atom is 0.239 e. The van der Waals surface area contributed by atoms with Gasteiger partial charge in [0.05, 0.1) is 5.25 Å². The first-order chi connectivity index (χ1) is 11.1. The molecular weight excluding hydrogens is 370 g/mol. The van der Waals surface area contributed by atoms with Crippen molar-refractivity contribution in [3.8, 4) is 0 Å². The molecule has 2 aromatic rings. The maximum absolute atomic E-state index is 12.4. The Hall–Kier alpha value is -1.02. The van der Waals surface area contributed by atoms with E-state index in [1.165, 1.54) is 23.1 Å². The highest BCUT2D eigenvalue weighted by atomic mass is 35.5. The number of hydrogen-bond donors (Lipinski definition) is 1. The van der Waals surface area contributed by atoms with E-state index in [0.717, 1.165) is 21.4 Å². The number of hydrogen-bond acceptors (Lipinski definition) is 6. The summed E-state index contributed by atoms with van der Waals surface area (Å²) in [6.45, 7) is 5.65. The number of nitrogens with zero attached hydrogens (tertiary/aromatic N) is 2. The van der Waals surface area contributed by atoms with Gasteiger partial charge >= 0.3 is 0 Å². The standard InChI is InChI=1S/C15H16ClN3OS3/c1-3-9-21-15-19-18-14(23-15)17-13(20)12(4-2)22-11-7-5-10(16)6-8-11/h3,5-8,12H,1,4,9H2,2H3,(H,17,18,20)/t12-/m1/s1. The Kier molecular flexibility index (Phi) is 7.42. The highest BCUT2D eigenvalue weighted by Gasteiger charge is 2.19. The summed E-state index contributed by atoms with van der Waals surface area (Å²) in [5.41, 5.74) is 0. The van der Waals surface area contributed by atoms with Crippen molar-refractivity contribution in [2.75, 3.05) is 11.1 Å². The lowest BCUT2D eigenvalue weighted by Gasteiger charge is -2.13. The Balaban J connectivity index is 1.95. The molecule has 0 radical (unpaired) electrons. The van der Waals surface area contributed by atoms with Crippen LogP contribution in [0.15, 0.2) is 46.2 Å². The Morgan fingerprint density at radius 1 is 1.43 bits per heavy atom. The van der Waals surface area contributed by atoms with E-state index in [2.05, 4.69) is 22.1 Å². The van der Waals surface area contributed by atoms with E-state index in [1.54, 1.807) is 17.8 Å². The molecule has 4 nitrogen and oxygen atoms in total. The van der Waals surface area contributed by atoms with Gasteiger partial charge in [-0.3, -0.25) is 10.1 Å². The van der Waals surface area contributed by atoms with Gasteiger partial charge in [-0.1, -0.05) is 47.7 Å². The van der Waals surface area contributed by atoms with Gasteiger partial charge in [0.25, 0.3) is 0 Å². The van der Waals surface area contributed by atoms with Gasteiger partial charge in [0.15, 0.2) is 4.34 Å². The average molecular weight is 386 g/mol. The smallest absolute Gasteiger partial charge is 0.239 e. The third-order valence-electron chi connectivity index (χ3n) is 2.72. The van der Waals surface area contributed by atoms with E-state index >= 15 is 0 Å². The van der Waals surface area contributed by atoms with Crippen LogP contribution in [0, 0.1) is 0 Å². The lowest BCUT2D eigenvalue weighted by molar-refractivity contribution is -0.115. The van der Waals surface area contributed by atoms with Crippen LogP contribution in [0.1, 0.15) is 13.3 Å². The van der Waals surface area contributed by atoms with Gasteiger partial charge < -0.3 is 0 Å². The van der Waals surface area contributed by atoms with Crippen molar-refractivity contribution >= 4 is 57.5 Å². The molecule has 1 heterocycles. The zero-order chi connectivity index (χ0) is 16.7. The van der Waals surface area contributed by atoms with Crippen LogP contribution < -0.4 is 5.32 Å². The molecule has 1 N–H and O–H groups in total. The monoisotopic (exact) mass is 385 g/mol. The molecule has 8 heteroatoms. The number of halogens is 1. The van der Waals surface area contributed by atoms with Gasteiger partial charge in [0.1, 0.15) is 0 Å². The van der Waals surface area contributed by atoms with Crippen LogP contribution in [-0.2, 0) is 4.79 Å². The molecule has 1 atom stereocenters. The highest BCUT2D eigenvalue weighted by Crippen LogP contribution is 2.29. The molecule has 0 spiro atoms. The number of nitrogens with one attached hydrogen (secondary N) is 1. The fourth-order valence-electron chi connectivity index (χ4n) is 1.63. The SMILES string of the molecule is C=CCSc1nnc(NC(=O)[C@@H](CC)Sc2ccc(Cl)cc2)s1. The number of rotatable bonds is 8. The Bertz CT molecular complexity index is 660. The van der Waals surface area contributed by atoms with Crippen molar-refractivity contribution in [2.24, 2.45) is 0 Å². The number of aromatic nitrogens is 2. The van der Waals surface area contributed by atoms with Gasteiger partial charge in [-0.05, 0) is 30.7 Å². The summed E-state index contributed by atoms with van der Waals surface area (Å²) in [6, 6.07) is 7.47. The third kappa shape index (κ3) is 5.84. The van der Waals surface area contributed by atoms with E-state index in [-0.39, 0.29) is 11.2 Å². The van der Waals surface area contributed by atoms with Crippen molar-refractivity contribution in [3.05, 3.63) is 41.9 Å². The van der Waals surface area contributed by atoms with Crippen LogP contribution in [0.5, 0.6) is 0 Å². The van der Waals surface area contributed by atoms with Crippen LogP contribution in [0.25, 0.3) is 0 Å². The molecule has 0 saturated carbocycles. The molecular formula is C15H16ClN3OS3. The molecule has 0 saturated heterocycles. The summed E-state index contributed by atoms with van der Waals surface area (Å²) in [4.78, 5) is 13.4. The molecule has 1 aromatic carbocycles. The Morgan fingerprint density at radius 2 is 2.17 bits per heavy atom. The molecule has 1 amide bonds. The molecule has 0 unspecified atom stereocenters. The van der Waals surface area contributed by atoms with Gasteiger partial charge in [0, 0.05) is 15.7 Å². The summed E-state index contributed by atoms with van der Waals surface area (Å²) in [5.74, 6) is 0.705. The van der Waals surface area contributed by atoms with Crippen molar-refractivity contribution in [3.63, 3.8) is 0 Å². The van der Waals surface area contributed by atoms with E-state index in [0.29, 0.717) is 10.2 Å². The summed E-state index contributed by atoms with van der Waals surface area (Å²) in [5, 5.41) is 11.9. The zero-order valence-corrected chi connectivity index (χ0v) is 15.7. The Labute approximate surface area is 153 Å². The van der Waals surface area contributed by atoms with Gasteiger partial charge in [-0.15, -0.1) is 28.5 Å². The van der Waals surface area contributed by atoms with Crippen LogP contribution in [0.3, 0.4) is 0 Å². The maximum atomic E-state index is 12.4. The zero-order valence-electron chi connectivity index (χ0n) is 12.5. The molecule has 0 aliphatic heterocycles. The van der Waals surface area contributed by atoms with E-state index < -0.39 is 0 Å². The van der Waals surface area contributed by atoms with E-state index in [1.807, 2.05) is 31.2 Å². The van der Waals surface area contributed by atoms with Crippen molar-refractivity contribution < 1.29 is 4.79 Å². The minimum atomic E-state index is -0.190. The minimum absolute atomic E-state index is 0.0659.